The molecule has 15 heteroatoms. The first-order valence-corrected chi connectivity index (χ1v) is 25.3. The molecule has 0 aliphatic heterocycles. The standard InChI is InChI=1S/C27H31N3O4.C24H27N3O3.C3H5BrO/c1-17-13-28-14-23(29-17)24(32)12-26-8-19-6-20(9-26)11-27(10-19,16-26)30-25(33)21-4-3-5-22(7-21)34-15-18(2)31;1-15-12-25-13-20(26-15)21(29)11-23-7-16-5-17(8-23)10-24(9-16,14-23)27-22(30)18-3-2-4-19(28)6-18;1-3(5)2-4/h3-5,7,13-14,19-20H,6,8-12,15-16H2,1-2H3,(H,30,33);2-4,6,12-13,16-17,28H,5,7-11,14H2,1H3,(H,27,30);2H2,1H3. The molecule has 12 rings (SSSR count). The van der Waals surface area contributed by atoms with Crippen LogP contribution in [0.4, 0.5) is 0 Å². The Morgan fingerprint density at radius 2 is 1.07 bits per heavy atom. The average Bonchev–Trinajstić information content (AvgIpc) is 3.27. The first-order chi connectivity index (χ1) is 32.8. The number of aromatic hydroxyl groups is 1. The van der Waals surface area contributed by atoms with Gasteiger partial charge in [-0.1, -0.05) is 28.1 Å². The first kappa shape index (κ1) is 49.7. The Morgan fingerprint density at radius 3 is 1.48 bits per heavy atom. The lowest BCUT2D eigenvalue weighted by Gasteiger charge is -2.62. The van der Waals surface area contributed by atoms with E-state index in [1.165, 1.54) is 32.8 Å². The molecule has 0 spiro atoms. The summed E-state index contributed by atoms with van der Waals surface area (Å²) >= 11 is 2.96. The van der Waals surface area contributed by atoms with Crippen LogP contribution >= 0.6 is 15.9 Å². The zero-order valence-corrected chi connectivity index (χ0v) is 41.6. The lowest BCUT2D eigenvalue weighted by Crippen LogP contribution is -2.63. The number of hydrogen-bond donors (Lipinski definition) is 3. The van der Waals surface area contributed by atoms with Crippen molar-refractivity contribution in [3.05, 3.63) is 107 Å². The van der Waals surface area contributed by atoms with Gasteiger partial charge in [-0.05, 0) is 176 Å². The van der Waals surface area contributed by atoms with Gasteiger partial charge in [0.2, 0.25) is 0 Å². The van der Waals surface area contributed by atoms with Gasteiger partial charge < -0.3 is 20.5 Å². The number of ether oxygens (including phenoxy) is 1. The number of nitrogens with zero attached hydrogens (tertiary/aromatic N) is 4. The lowest BCUT2D eigenvalue weighted by molar-refractivity contribution is -0.119. The van der Waals surface area contributed by atoms with Crippen molar-refractivity contribution in [2.75, 3.05) is 11.9 Å². The summed E-state index contributed by atoms with van der Waals surface area (Å²) in [5.41, 5.74) is 2.69. The number of rotatable bonds is 14. The van der Waals surface area contributed by atoms with E-state index in [0.717, 1.165) is 75.6 Å². The molecule has 8 aliphatic carbocycles. The molecular weight excluding hydrogens is 941 g/mol. The van der Waals surface area contributed by atoms with Crippen LogP contribution in [0.2, 0.25) is 0 Å². The number of halogens is 1. The highest BCUT2D eigenvalue weighted by Crippen LogP contribution is 2.64. The topological polar surface area (TPSA) is 207 Å². The molecule has 364 valence electrons. The number of aryl methyl sites for hydroxylation is 2. The predicted octanol–water partition coefficient (Wildman–Crippen LogP) is 8.90. The number of nitrogens with one attached hydrogen (secondary N) is 2. The molecule has 14 nitrogen and oxygen atoms in total. The number of alkyl halides is 1. The van der Waals surface area contributed by atoms with E-state index in [9.17, 15) is 33.9 Å². The Morgan fingerprint density at radius 1 is 0.638 bits per heavy atom. The van der Waals surface area contributed by atoms with E-state index in [0.29, 0.717) is 70.1 Å². The second-order valence-corrected chi connectivity index (χ2v) is 22.1. The molecule has 3 N–H and O–H groups in total. The quantitative estimate of drug-likeness (QED) is 0.0800. The van der Waals surface area contributed by atoms with Crippen LogP contribution in [0.3, 0.4) is 0 Å². The summed E-state index contributed by atoms with van der Waals surface area (Å²) in [7, 11) is 0. The monoisotopic (exact) mass is 1000 g/mol. The smallest absolute Gasteiger partial charge is 0.251 e. The molecule has 69 heavy (non-hydrogen) atoms. The minimum Gasteiger partial charge on any atom is -0.508 e. The third-order valence-electron chi connectivity index (χ3n) is 15.1. The van der Waals surface area contributed by atoms with Gasteiger partial charge in [-0.25, -0.2) is 9.97 Å². The molecule has 8 aliphatic rings. The van der Waals surface area contributed by atoms with Crippen molar-refractivity contribution in [3.63, 3.8) is 0 Å². The van der Waals surface area contributed by atoms with E-state index in [1.54, 1.807) is 67.3 Å². The SMILES string of the molecule is CC(=O)CBr.CC(=O)COc1cccc(C(=O)NC23CC4CC(CC(CC(=O)c5cncc(C)n5)(C4)C2)C3)c1.Cc1cncc(C(=O)CC23CC4CC(C2)CC(NC(=O)c2cccc(O)c2)(C4)C3)n1. The maximum atomic E-state index is 13.3. The minimum atomic E-state index is -0.282. The average molecular weight is 1000 g/mol. The molecule has 0 saturated heterocycles. The van der Waals surface area contributed by atoms with Crippen LogP contribution in [0, 0.1) is 48.3 Å². The van der Waals surface area contributed by atoms with Gasteiger partial charge in [-0.15, -0.1) is 0 Å². The van der Waals surface area contributed by atoms with Gasteiger partial charge in [0.05, 0.1) is 29.1 Å². The van der Waals surface area contributed by atoms with Gasteiger partial charge in [-0.3, -0.25) is 38.7 Å². The largest absolute Gasteiger partial charge is 0.508 e. The van der Waals surface area contributed by atoms with E-state index in [4.69, 9.17) is 4.74 Å². The van der Waals surface area contributed by atoms with Crippen LogP contribution in [0.15, 0.2) is 73.3 Å². The van der Waals surface area contributed by atoms with E-state index in [1.807, 2.05) is 13.8 Å². The highest BCUT2D eigenvalue weighted by molar-refractivity contribution is 9.09. The van der Waals surface area contributed by atoms with Crippen LogP contribution in [-0.4, -0.2) is 83.0 Å². The molecule has 2 amide bonds. The van der Waals surface area contributed by atoms with E-state index >= 15 is 0 Å². The number of aromatic nitrogens is 4. The second kappa shape index (κ2) is 20.3. The highest BCUT2D eigenvalue weighted by Gasteiger charge is 2.60. The Bertz CT molecular complexity index is 2530. The fourth-order valence-corrected chi connectivity index (χ4v) is 13.9. The lowest BCUT2D eigenvalue weighted by atomic mass is 9.46. The number of hydrogen-bond acceptors (Lipinski definition) is 12. The van der Waals surface area contributed by atoms with Gasteiger partial charge in [0, 0.05) is 47.4 Å². The normalized spacial score (nSPS) is 28.5. The van der Waals surface area contributed by atoms with Crippen molar-refractivity contribution in [2.24, 2.45) is 34.5 Å². The predicted molar refractivity (Wildman–Crippen MR) is 261 cm³/mol. The van der Waals surface area contributed by atoms with Crippen molar-refractivity contribution in [1.29, 1.82) is 0 Å². The van der Waals surface area contributed by atoms with Crippen LogP contribution in [-0.2, 0) is 9.59 Å². The number of benzene rings is 2. The molecule has 4 atom stereocenters. The van der Waals surface area contributed by atoms with Crippen LogP contribution in [0.5, 0.6) is 11.5 Å². The Kier molecular flexibility index (Phi) is 14.6. The number of carbonyl (C=O) groups excluding carboxylic acids is 6. The van der Waals surface area contributed by atoms with E-state index in [2.05, 4.69) is 46.5 Å². The van der Waals surface area contributed by atoms with Crippen molar-refractivity contribution < 1.29 is 38.6 Å². The van der Waals surface area contributed by atoms with Crippen LogP contribution < -0.4 is 15.4 Å². The number of ketones is 4. The second-order valence-electron chi connectivity index (χ2n) is 21.6. The molecule has 2 aromatic carbocycles. The Hall–Kier alpha value is -5.70. The molecule has 0 radical (unpaired) electrons. The fourth-order valence-electron chi connectivity index (χ4n) is 13.9. The molecule has 2 heterocycles. The highest BCUT2D eigenvalue weighted by atomic mass is 79.9. The van der Waals surface area contributed by atoms with Gasteiger partial charge >= 0.3 is 0 Å². The van der Waals surface area contributed by atoms with Gasteiger partial charge in [0.1, 0.15) is 35.3 Å². The summed E-state index contributed by atoms with van der Waals surface area (Å²) in [6, 6.07) is 13.5. The number of phenolic OH excluding ortho intramolecular Hbond substituents is 1. The van der Waals surface area contributed by atoms with Gasteiger partial charge in [0.15, 0.2) is 17.3 Å². The van der Waals surface area contributed by atoms with Crippen molar-refractivity contribution in [1.82, 2.24) is 30.6 Å². The third kappa shape index (κ3) is 12.0. The zero-order chi connectivity index (χ0) is 49.1. The number of Topliss-reactive ketones (excluding diaryl/α,β-unsaturated/α-hetero) is 4. The molecule has 8 bridgehead atoms. The number of carbonyl (C=O) groups is 6. The molecule has 8 saturated carbocycles. The number of amides is 2. The van der Waals surface area contributed by atoms with Gasteiger partial charge in [-0.2, -0.15) is 0 Å². The maximum Gasteiger partial charge on any atom is 0.251 e. The van der Waals surface area contributed by atoms with Crippen LogP contribution in [0.1, 0.15) is 157 Å². The van der Waals surface area contributed by atoms with Crippen molar-refractivity contribution in [3.8, 4) is 11.5 Å². The van der Waals surface area contributed by atoms with E-state index in [-0.39, 0.29) is 69.2 Å². The first-order valence-electron chi connectivity index (χ1n) is 24.2. The third-order valence-corrected chi connectivity index (χ3v) is 15.9. The molecular formula is C54H63BrN6O8. The summed E-state index contributed by atoms with van der Waals surface area (Å²) in [6.07, 6.45) is 19.5. The number of phenols is 1. The summed E-state index contributed by atoms with van der Waals surface area (Å²) in [5, 5.41) is 16.9. The molecule has 2 aromatic heterocycles. The molecule has 4 aromatic rings. The van der Waals surface area contributed by atoms with E-state index < -0.39 is 0 Å². The Balaban J connectivity index is 0.000000171. The summed E-state index contributed by atoms with van der Waals surface area (Å²) < 4.78 is 5.48. The van der Waals surface area contributed by atoms with Crippen molar-refractivity contribution >= 4 is 50.9 Å². The molecule has 4 unspecified atom stereocenters. The summed E-state index contributed by atoms with van der Waals surface area (Å²) in [5.74, 6) is 2.71. The minimum absolute atomic E-state index is 0.0137. The summed E-state index contributed by atoms with van der Waals surface area (Å²) in [4.78, 5) is 90.5. The molecule has 8 fully saturated rings. The Labute approximate surface area is 412 Å². The van der Waals surface area contributed by atoms with Crippen molar-refractivity contribution in [2.45, 2.75) is 129 Å². The van der Waals surface area contributed by atoms with Gasteiger partial charge in [0.25, 0.3) is 11.8 Å². The fraction of sp³-hybridized carbons (Fsp3) is 0.519. The maximum absolute atomic E-state index is 13.3. The summed E-state index contributed by atoms with van der Waals surface area (Å²) in [6.45, 7) is 6.68. The zero-order valence-electron chi connectivity index (χ0n) is 40.0. The van der Waals surface area contributed by atoms with Crippen LogP contribution in [0.25, 0.3) is 0 Å².